The first-order chi connectivity index (χ1) is 9.06. The van der Waals surface area contributed by atoms with Gasteiger partial charge in [-0.3, -0.25) is 14.7 Å². The van der Waals surface area contributed by atoms with Gasteiger partial charge in [-0.1, -0.05) is 0 Å². The van der Waals surface area contributed by atoms with Crippen LogP contribution in [-0.4, -0.2) is 41.5 Å². The largest absolute Gasteiger partial charge is 0.397 e. The Bertz CT molecular complexity index is 428. The molecular formula is C14H22N4O. The Labute approximate surface area is 114 Å². The molecule has 19 heavy (non-hydrogen) atoms. The third kappa shape index (κ3) is 4.21. The summed E-state index contributed by atoms with van der Waals surface area (Å²) in [6.45, 7) is 2.82. The summed E-state index contributed by atoms with van der Waals surface area (Å²) in [6.07, 6.45) is 4.44. The van der Waals surface area contributed by atoms with E-state index in [0.29, 0.717) is 30.7 Å². The third-order valence-electron chi connectivity index (χ3n) is 3.60. The summed E-state index contributed by atoms with van der Waals surface area (Å²) in [5, 5.41) is 2.96. The quantitative estimate of drug-likeness (QED) is 0.795. The minimum Gasteiger partial charge on any atom is -0.397 e. The lowest BCUT2D eigenvalue weighted by atomic mass is 10.2. The highest BCUT2D eigenvalue weighted by Gasteiger charge is 2.29. The molecule has 1 aromatic rings. The molecule has 2 rings (SSSR count). The number of rotatable bonds is 6. The molecule has 1 aromatic heterocycles. The number of nitrogens with two attached hydrogens (primary N) is 1. The van der Waals surface area contributed by atoms with Crippen molar-refractivity contribution in [3.8, 4) is 0 Å². The van der Waals surface area contributed by atoms with Gasteiger partial charge < -0.3 is 11.1 Å². The fraction of sp³-hybridized carbons (Fsp3) is 0.571. The zero-order chi connectivity index (χ0) is 13.8. The molecule has 0 bridgehead atoms. The summed E-state index contributed by atoms with van der Waals surface area (Å²) in [5.74, 6) is 0.00770. The lowest BCUT2D eigenvalue weighted by Gasteiger charge is -2.24. The van der Waals surface area contributed by atoms with Crippen molar-refractivity contribution in [1.82, 2.24) is 15.2 Å². The highest BCUT2D eigenvalue weighted by Crippen LogP contribution is 2.26. The number of carbonyl (C=O) groups is 1. The first-order valence-electron chi connectivity index (χ1n) is 6.75. The van der Waals surface area contributed by atoms with Gasteiger partial charge in [0.2, 0.25) is 5.91 Å². The first kappa shape index (κ1) is 13.8. The van der Waals surface area contributed by atoms with E-state index in [-0.39, 0.29) is 5.91 Å². The fourth-order valence-corrected chi connectivity index (χ4v) is 2.01. The molecule has 1 fully saturated rings. The molecule has 3 N–H and O–H groups in total. The zero-order valence-electron chi connectivity index (χ0n) is 11.6. The van der Waals surface area contributed by atoms with Crippen molar-refractivity contribution in [3.05, 3.63) is 24.0 Å². The zero-order valence-corrected chi connectivity index (χ0v) is 11.6. The molecule has 0 aromatic carbocycles. The maximum atomic E-state index is 11.8. The molecule has 1 aliphatic rings. The number of nitrogens with one attached hydrogen (secondary N) is 1. The number of hydrogen-bond donors (Lipinski definition) is 2. The van der Waals surface area contributed by atoms with E-state index < -0.39 is 0 Å². The number of pyridine rings is 1. The smallest absolute Gasteiger partial charge is 0.226 e. The second-order valence-corrected chi connectivity index (χ2v) is 5.31. The summed E-state index contributed by atoms with van der Waals surface area (Å²) < 4.78 is 0. The Hall–Kier alpha value is -1.62. The van der Waals surface area contributed by atoms with Crippen LogP contribution in [-0.2, 0) is 11.2 Å². The van der Waals surface area contributed by atoms with Gasteiger partial charge in [0, 0.05) is 24.3 Å². The minimum atomic E-state index is 0.00770. The van der Waals surface area contributed by atoms with E-state index in [1.54, 1.807) is 18.3 Å². The van der Waals surface area contributed by atoms with Gasteiger partial charge in [-0.25, -0.2) is 0 Å². The number of nitrogen functional groups attached to an aromatic ring is 1. The van der Waals surface area contributed by atoms with E-state index >= 15 is 0 Å². The topological polar surface area (TPSA) is 71.2 Å². The van der Waals surface area contributed by atoms with E-state index in [1.807, 2.05) is 0 Å². The van der Waals surface area contributed by atoms with Crippen molar-refractivity contribution in [2.45, 2.75) is 38.3 Å². The molecule has 0 spiro atoms. The third-order valence-corrected chi connectivity index (χ3v) is 3.60. The van der Waals surface area contributed by atoms with E-state index in [2.05, 4.69) is 29.2 Å². The van der Waals surface area contributed by atoms with Gasteiger partial charge in [-0.2, -0.15) is 0 Å². The van der Waals surface area contributed by atoms with Gasteiger partial charge in [0.1, 0.15) is 0 Å². The number of aromatic nitrogens is 1. The van der Waals surface area contributed by atoms with Gasteiger partial charge in [0.05, 0.1) is 18.3 Å². The highest BCUT2D eigenvalue weighted by atomic mass is 16.1. The molecule has 0 aliphatic heterocycles. The summed E-state index contributed by atoms with van der Waals surface area (Å²) in [5.41, 5.74) is 6.91. The van der Waals surface area contributed by atoms with Crippen LogP contribution in [0.5, 0.6) is 0 Å². The van der Waals surface area contributed by atoms with Crippen LogP contribution in [0.1, 0.15) is 25.5 Å². The van der Waals surface area contributed by atoms with Gasteiger partial charge in [-0.15, -0.1) is 0 Å². The van der Waals surface area contributed by atoms with Crippen LogP contribution in [0.3, 0.4) is 0 Å². The normalized spacial score (nSPS) is 16.4. The predicted molar refractivity (Wildman–Crippen MR) is 75.6 cm³/mol. The second kappa shape index (κ2) is 6.02. The lowest BCUT2D eigenvalue weighted by Crippen LogP contribution is -2.41. The molecule has 5 heteroatoms. The maximum absolute atomic E-state index is 11.8. The van der Waals surface area contributed by atoms with Crippen molar-refractivity contribution < 1.29 is 4.79 Å². The molecule has 104 valence electrons. The van der Waals surface area contributed by atoms with E-state index in [4.69, 9.17) is 5.73 Å². The average Bonchev–Trinajstić information content (AvgIpc) is 3.22. The van der Waals surface area contributed by atoms with E-state index in [0.717, 1.165) is 5.69 Å². The average molecular weight is 262 g/mol. The molecule has 1 heterocycles. The Balaban J connectivity index is 1.73. The van der Waals surface area contributed by atoms with Crippen molar-refractivity contribution in [2.24, 2.45) is 0 Å². The standard InChI is InChI=1S/C14H22N4O/c1-10(18(2)13-5-6-13)8-17-14(19)7-12-4-3-11(15)9-16-12/h3-4,9-10,13H,5-8,15H2,1-2H3,(H,17,19). The molecular weight excluding hydrogens is 240 g/mol. The second-order valence-electron chi connectivity index (χ2n) is 5.31. The van der Waals surface area contributed by atoms with Gasteiger partial charge in [0.15, 0.2) is 0 Å². The summed E-state index contributed by atoms with van der Waals surface area (Å²) in [4.78, 5) is 18.3. The monoisotopic (exact) mass is 262 g/mol. The van der Waals surface area contributed by atoms with Crippen LogP contribution in [0.2, 0.25) is 0 Å². The molecule has 1 aliphatic carbocycles. The van der Waals surface area contributed by atoms with Crippen LogP contribution < -0.4 is 11.1 Å². The molecule has 5 nitrogen and oxygen atoms in total. The highest BCUT2D eigenvalue weighted by molar-refractivity contribution is 5.78. The molecule has 1 unspecified atom stereocenters. The van der Waals surface area contributed by atoms with Crippen molar-refractivity contribution in [2.75, 3.05) is 19.3 Å². The lowest BCUT2D eigenvalue weighted by molar-refractivity contribution is -0.120. The van der Waals surface area contributed by atoms with Crippen molar-refractivity contribution >= 4 is 11.6 Å². The molecule has 1 saturated carbocycles. The van der Waals surface area contributed by atoms with Gasteiger partial charge >= 0.3 is 0 Å². The summed E-state index contributed by atoms with van der Waals surface area (Å²) in [6, 6.07) is 4.63. The Kier molecular flexibility index (Phi) is 4.37. The molecule has 1 amide bonds. The summed E-state index contributed by atoms with van der Waals surface area (Å²) in [7, 11) is 2.12. The Morgan fingerprint density at radius 3 is 2.89 bits per heavy atom. The van der Waals surface area contributed by atoms with Gasteiger partial charge in [0.25, 0.3) is 0 Å². The number of likely N-dealkylation sites (N-methyl/N-ethyl adjacent to an activating group) is 1. The van der Waals surface area contributed by atoms with Gasteiger partial charge in [-0.05, 0) is 38.9 Å². The van der Waals surface area contributed by atoms with E-state index in [1.165, 1.54) is 12.8 Å². The maximum Gasteiger partial charge on any atom is 0.226 e. The SMILES string of the molecule is CC(CNC(=O)Cc1ccc(N)cn1)N(C)C1CC1. The predicted octanol–water partition coefficient (Wildman–Crippen LogP) is 0.805. The Morgan fingerprint density at radius 1 is 1.58 bits per heavy atom. The van der Waals surface area contributed by atoms with Crippen LogP contribution in [0, 0.1) is 0 Å². The molecule has 0 radical (unpaired) electrons. The van der Waals surface area contributed by atoms with Crippen LogP contribution in [0.25, 0.3) is 0 Å². The van der Waals surface area contributed by atoms with E-state index in [9.17, 15) is 4.79 Å². The number of hydrogen-bond acceptors (Lipinski definition) is 4. The molecule has 0 saturated heterocycles. The van der Waals surface area contributed by atoms with Crippen LogP contribution in [0.15, 0.2) is 18.3 Å². The van der Waals surface area contributed by atoms with Crippen LogP contribution in [0.4, 0.5) is 5.69 Å². The number of anilines is 1. The fourth-order valence-electron chi connectivity index (χ4n) is 2.01. The molecule has 1 atom stereocenters. The van der Waals surface area contributed by atoms with Crippen LogP contribution >= 0.6 is 0 Å². The summed E-state index contributed by atoms with van der Waals surface area (Å²) >= 11 is 0. The number of amides is 1. The Morgan fingerprint density at radius 2 is 2.32 bits per heavy atom. The number of nitrogens with zero attached hydrogens (tertiary/aromatic N) is 2. The van der Waals surface area contributed by atoms with Crippen molar-refractivity contribution in [3.63, 3.8) is 0 Å². The van der Waals surface area contributed by atoms with Crippen molar-refractivity contribution in [1.29, 1.82) is 0 Å². The first-order valence-corrected chi connectivity index (χ1v) is 6.75. The number of carbonyl (C=O) groups excluding carboxylic acids is 1. The minimum absolute atomic E-state index is 0.00770.